The fourth-order valence-electron chi connectivity index (χ4n) is 3.59. The summed E-state index contributed by atoms with van der Waals surface area (Å²) in [5.41, 5.74) is 2.07. The van der Waals surface area contributed by atoms with Crippen LogP contribution in [-0.4, -0.2) is 61.9 Å². The number of amides is 1. The molecule has 1 aliphatic rings. The van der Waals surface area contributed by atoms with E-state index in [9.17, 15) is 4.79 Å². The minimum atomic E-state index is 0.0263. The van der Waals surface area contributed by atoms with E-state index in [1.54, 1.807) is 32.0 Å². The lowest BCUT2D eigenvalue weighted by atomic mass is 10.2. The number of thioether (sulfide) groups is 1. The number of benzene rings is 2. The van der Waals surface area contributed by atoms with Gasteiger partial charge in [-0.2, -0.15) is 0 Å². The molecule has 1 amide bonds. The molecule has 0 N–H and O–H groups in total. The molecule has 0 aliphatic carbocycles. The topological polar surface area (TPSA) is 42.0 Å². The molecule has 1 saturated heterocycles. The van der Waals surface area contributed by atoms with E-state index in [1.165, 1.54) is 0 Å². The monoisotopic (exact) mass is 482 g/mol. The minimum absolute atomic E-state index is 0.0263. The van der Waals surface area contributed by atoms with Gasteiger partial charge in [0, 0.05) is 49.1 Å². The molecule has 31 heavy (non-hydrogen) atoms. The Morgan fingerprint density at radius 2 is 1.97 bits per heavy atom. The Hall–Kier alpha value is -1.44. The van der Waals surface area contributed by atoms with Crippen molar-refractivity contribution in [1.29, 1.82) is 0 Å². The first-order valence-electron chi connectivity index (χ1n) is 10.2. The predicted molar refractivity (Wildman–Crippen MR) is 128 cm³/mol. The first-order chi connectivity index (χ1) is 15.0. The van der Waals surface area contributed by atoms with Gasteiger partial charge in [-0.3, -0.25) is 9.69 Å². The highest BCUT2D eigenvalue weighted by Crippen LogP contribution is 2.38. The summed E-state index contributed by atoms with van der Waals surface area (Å²) in [4.78, 5) is 17.4. The lowest BCUT2D eigenvalue weighted by Crippen LogP contribution is -2.40. The molecule has 0 saturated carbocycles. The van der Waals surface area contributed by atoms with Crippen LogP contribution in [0.25, 0.3) is 0 Å². The highest BCUT2D eigenvalue weighted by molar-refractivity contribution is 7.99. The Balaban J connectivity index is 1.70. The number of carbonyl (C=O) groups is 1. The van der Waals surface area contributed by atoms with Gasteiger partial charge in [0.1, 0.15) is 11.1 Å². The van der Waals surface area contributed by atoms with E-state index in [1.807, 2.05) is 41.3 Å². The molecule has 1 fully saturated rings. The van der Waals surface area contributed by atoms with Crippen molar-refractivity contribution in [2.75, 3.05) is 46.2 Å². The Bertz CT molecular complexity index is 866. The van der Waals surface area contributed by atoms with Gasteiger partial charge in [-0.05, 0) is 41.8 Å². The van der Waals surface area contributed by atoms with Crippen LogP contribution in [-0.2, 0) is 16.1 Å². The molecule has 2 aromatic carbocycles. The van der Waals surface area contributed by atoms with Crippen molar-refractivity contribution >= 4 is 40.9 Å². The van der Waals surface area contributed by atoms with Gasteiger partial charge in [0.15, 0.2) is 0 Å². The normalized spacial score (nSPS) is 16.2. The average Bonchev–Trinajstić information content (AvgIpc) is 3.26. The predicted octanol–water partition coefficient (Wildman–Crippen LogP) is 5.11. The molecule has 8 heteroatoms. The number of hydrogen-bond donors (Lipinski definition) is 0. The summed E-state index contributed by atoms with van der Waals surface area (Å²) in [7, 11) is 3.34. The summed E-state index contributed by atoms with van der Waals surface area (Å²) >= 11 is 14.2. The smallest absolute Gasteiger partial charge is 0.237 e. The molecular weight excluding hydrogens is 455 g/mol. The molecule has 168 valence electrons. The van der Waals surface area contributed by atoms with Crippen LogP contribution >= 0.6 is 35.0 Å². The first kappa shape index (κ1) is 24.2. The van der Waals surface area contributed by atoms with E-state index in [4.69, 9.17) is 32.7 Å². The minimum Gasteiger partial charge on any atom is -0.497 e. The molecule has 1 atom stereocenters. The Labute approximate surface area is 198 Å². The summed E-state index contributed by atoms with van der Waals surface area (Å²) in [5.74, 6) is 1.86. The zero-order chi connectivity index (χ0) is 22.2. The SMILES string of the molecule is COCCCN(CC(=O)N1CCSC1c1ccc(OC)cc1)Cc1ccc(Cl)cc1Cl. The molecule has 0 radical (unpaired) electrons. The van der Waals surface area contributed by atoms with Crippen molar-refractivity contribution in [2.24, 2.45) is 0 Å². The third-order valence-electron chi connectivity index (χ3n) is 5.20. The molecule has 0 aromatic heterocycles. The molecular formula is C23H28Cl2N2O3S. The molecule has 1 unspecified atom stereocenters. The number of hydrogen-bond acceptors (Lipinski definition) is 5. The number of rotatable bonds is 10. The van der Waals surface area contributed by atoms with Crippen molar-refractivity contribution in [3.05, 3.63) is 63.6 Å². The van der Waals surface area contributed by atoms with Crippen LogP contribution in [0, 0.1) is 0 Å². The van der Waals surface area contributed by atoms with Crippen LogP contribution in [0.2, 0.25) is 10.0 Å². The Morgan fingerprint density at radius 3 is 2.65 bits per heavy atom. The molecule has 1 heterocycles. The van der Waals surface area contributed by atoms with E-state index in [0.717, 1.165) is 42.1 Å². The quantitative estimate of drug-likeness (QED) is 0.439. The third kappa shape index (κ3) is 6.77. The van der Waals surface area contributed by atoms with Crippen LogP contribution in [0.3, 0.4) is 0 Å². The first-order valence-corrected chi connectivity index (χ1v) is 12.0. The van der Waals surface area contributed by atoms with Crippen molar-refractivity contribution in [3.8, 4) is 5.75 Å². The van der Waals surface area contributed by atoms with Crippen LogP contribution in [0.4, 0.5) is 0 Å². The van der Waals surface area contributed by atoms with Crippen LogP contribution < -0.4 is 4.74 Å². The van der Waals surface area contributed by atoms with Crippen LogP contribution in [0.5, 0.6) is 5.75 Å². The van der Waals surface area contributed by atoms with Crippen molar-refractivity contribution < 1.29 is 14.3 Å². The third-order valence-corrected chi connectivity index (χ3v) is 7.05. The summed E-state index contributed by atoms with van der Waals surface area (Å²) < 4.78 is 10.5. The van der Waals surface area contributed by atoms with Gasteiger partial charge in [0.2, 0.25) is 5.91 Å². The lowest BCUT2D eigenvalue weighted by molar-refractivity contribution is -0.132. The molecule has 2 aromatic rings. The summed E-state index contributed by atoms with van der Waals surface area (Å²) in [6, 6.07) is 13.4. The standard InChI is InChI=1S/C23H28Cl2N2O3S/c1-29-12-3-10-26(15-18-4-7-19(24)14-21(18)25)16-22(28)27-11-13-31-23(27)17-5-8-20(30-2)9-6-17/h4-9,14,23H,3,10-13,15-16H2,1-2H3. The number of carbonyl (C=O) groups excluding carboxylic acids is 1. The maximum Gasteiger partial charge on any atom is 0.237 e. The molecule has 0 spiro atoms. The van der Waals surface area contributed by atoms with Gasteiger partial charge in [0.05, 0.1) is 13.7 Å². The Kier molecular flexibility index (Phi) is 9.35. The second kappa shape index (κ2) is 12.0. The van der Waals surface area contributed by atoms with Crippen LogP contribution in [0.1, 0.15) is 22.9 Å². The van der Waals surface area contributed by atoms with Crippen molar-refractivity contribution in [2.45, 2.75) is 18.3 Å². The van der Waals surface area contributed by atoms with E-state index in [2.05, 4.69) is 4.90 Å². The second-order valence-electron chi connectivity index (χ2n) is 7.38. The van der Waals surface area contributed by atoms with E-state index in [0.29, 0.717) is 29.7 Å². The van der Waals surface area contributed by atoms with Gasteiger partial charge in [-0.25, -0.2) is 0 Å². The molecule has 0 bridgehead atoms. The van der Waals surface area contributed by atoms with Gasteiger partial charge in [-0.15, -0.1) is 11.8 Å². The highest BCUT2D eigenvalue weighted by Gasteiger charge is 2.31. The summed E-state index contributed by atoms with van der Waals surface area (Å²) in [5, 5.41) is 1.25. The van der Waals surface area contributed by atoms with Crippen molar-refractivity contribution in [3.63, 3.8) is 0 Å². The maximum atomic E-state index is 13.3. The highest BCUT2D eigenvalue weighted by atomic mass is 35.5. The van der Waals surface area contributed by atoms with Gasteiger partial charge < -0.3 is 14.4 Å². The zero-order valence-corrected chi connectivity index (χ0v) is 20.2. The number of nitrogens with zero attached hydrogens (tertiary/aromatic N) is 2. The zero-order valence-electron chi connectivity index (χ0n) is 17.9. The maximum absolute atomic E-state index is 13.3. The number of ether oxygens (including phenoxy) is 2. The summed E-state index contributed by atoms with van der Waals surface area (Å²) in [6.07, 6.45) is 0.839. The van der Waals surface area contributed by atoms with Gasteiger partial charge in [0.25, 0.3) is 0 Å². The van der Waals surface area contributed by atoms with Gasteiger partial charge >= 0.3 is 0 Å². The lowest BCUT2D eigenvalue weighted by Gasteiger charge is -2.28. The van der Waals surface area contributed by atoms with Crippen molar-refractivity contribution in [1.82, 2.24) is 9.80 Å². The molecule has 1 aliphatic heterocycles. The number of methoxy groups -OCH3 is 2. The fraction of sp³-hybridized carbons (Fsp3) is 0.435. The van der Waals surface area contributed by atoms with E-state index < -0.39 is 0 Å². The molecule has 5 nitrogen and oxygen atoms in total. The number of halogens is 2. The van der Waals surface area contributed by atoms with E-state index in [-0.39, 0.29) is 11.3 Å². The average molecular weight is 483 g/mol. The largest absolute Gasteiger partial charge is 0.497 e. The van der Waals surface area contributed by atoms with Gasteiger partial charge in [-0.1, -0.05) is 41.4 Å². The fourth-order valence-corrected chi connectivity index (χ4v) is 5.34. The van der Waals surface area contributed by atoms with E-state index >= 15 is 0 Å². The second-order valence-corrected chi connectivity index (χ2v) is 9.41. The Morgan fingerprint density at radius 1 is 1.19 bits per heavy atom. The molecule has 3 rings (SSSR count). The van der Waals surface area contributed by atoms with Crippen LogP contribution in [0.15, 0.2) is 42.5 Å². The summed E-state index contributed by atoms with van der Waals surface area (Å²) in [6.45, 7) is 3.04.